The fraction of sp³-hybridized carbons (Fsp3) is 1.00. The van der Waals surface area contributed by atoms with Crippen LogP contribution in [0.4, 0.5) is 0 Å². The van der Waals surface area contributed by atoms with E-state index in [2.05, 4.69) is 29.8 Å². The van der Waals surface area contributed by atoms with Gasteiger partial charge in [0.2, 0.25) is 0 Å². The van der Waals surface area contributed by atoms with Gasteiger partial charge in [0.1, 0.15) is 5.25 Å². The van der Waals surface area contributed by atoms with Gasteiger partial charge in [-0.1, -0.05) is 10.1 Å². The van der Waals surface area contributed by atoms with Crippen molar-refractivity contribution in [3.8, 4) is 0 Å². The van der Waals surface area contributed by atoms with Crippen LogP contribution in [0.2, 0.25) is 0 Å². The highest BCUT2D eigenvalue weighted by molar-refractivity contribution is 7.95. The van der Waals surface area contributed by atoms with Gasteiger partial charge in [0.25, 0.3) is 20.2 Å². The third-order valence-electron chi connectivity index (χ3n) is 14.5. The Hall–Kier alpha value is -0.760. The molecule has 0 aromatic carbocycles. The third-order valence-corrected chi connectivity index (χ3v) is 19.0. The Balaban J connectivity index is 1.07. The molecule has 0 saturated heterocycles. The highest BCUT2D eigenvalue weighted by Crippen LogP contribution is 2.49. The maximum absolute atomic E-state index is 12.5. The van der Waals surface area contributed by atoms with Gasteiger partial charge in [0, 0.05) is 72.7 Å². The molecule has 60 heavy (non-hydrogen) atoms. The molecule has 6 aliphatic rings. The molecule has 0 aromatic heterocycles. The van der Waals surface area contributed by atoms with Gasteiger partial charge in [-0.3, -0.25) is 9.11 Å². The maximum atomic E-state index is 12.5. The normalized spacial score (nSPS) is 45.7. The summed E-state index contributed by atoms with van der Waals surface area (Å²) >= 11 is 1.84. The van der Waals surface area contributed by atoms with Crippen LogP contribution >= 0.6 is 24.1 Å². The molecule has 0 heterocycles. The Bertz CT molecular complexity index is 1690. The average molecular weight is 937 g/mol. The molecule has 6 rings (SSSR count). The summed E-state index contributed by atoms with van der Waals surface area (Å²) in [5, 5.41) is 63.3. The zero-order valence-electron chi connectivity index (χ0n) is 33.4. The van der Waals surface area contributed by atoms with Crippen molar-refractivity contribution in [2.45, 2.75) is 159 Å². The van der Waals surface area contributed by atoms with E-state index >= 15 is 0 Å². The number of aliphatic hydroxyl groups is 2. The van der Waals surface area contributed by atoms with Crippen LogP contribution in [-0.2, 0) is 48.5 Å². The zero-order valence-corrected chi connectivity index (χ0v) is 36.6. The molecule has 26 heteroatoms. The molecule has 0 aromatic rings. The second-order valence-electron chi connectivity index (χ2n) is 17.3. The summed E-state index contributed by atoms with van der Waals surface area (Å²) < 4.78 is 90.4. The average Bonchev–Trinajstić information content (AvgIpc) is 3.21. The van der Waals surface area contributed by atoms with Crippen LogP contribution in [0.1, 0.15) is 77.0 Å². The molecule has 6 aliphatic carbocycles. The predicted octanol–water partition coefficient (Wildman–Crippen LogP) is 2.62. The molecular formula is C34H60N6O16S4. The number of ether oxygens (including phenoxy) is 2. The van der Waals surface area contributed by atoms with Gasteiger partial charge in [-0.05, 0) is 101 Å². The van der Waals surface area contributed by atoms with Crippen LogP contribution in [0.5, 0.6) is 0 Å². The van der Waals surface area contributed by atoms with Gasteiger partial charge in [-0.25, -0.2) is 10.5 Å². The first-order chi connectivity index (χ1) is 28.5. The lowest BCUT2D eigenvalue weighted by atomic mass is 9.65. The Labute approximate surface area is 358 Å². The Kier molecular flexibility index (Phi) is 17.1. The molecule has 20 unspecified atom stereocenters. The number of nitrogens with zero attached hydrogens (tertiary/aromatic N) is 4. The first-order valence-corrected chi connectivity index (χ1v) is 25.1. The van der Waals surface area contributed by atoms with Crippen LogP contribution in [0, 0.1) is 35.5 Å². The van der Waals surface area contributed by atoms with E-state index < -0.39 is 90.9 Å². The lowest BCUT2D eigenvalue weighted by molar-refractivity contribution is -0.432. The Morgan fingerprint density at radius 2 is 1.02 bits per heavy atom. The molecule has 0 aliphatic heterocycles. The van der Waals surface area contributed by atoms with Gasteiger partial charge in [0.05, 0.1) is 53.8 Å². The van der Waals surface area contributed by atoms with Crippen LogP contribution in [-0.4, -0.2) is 143 Å². The molecule has 22 nitrogen and oxygen atoms in total. The lowest BCUT2D eigenvalue weighted by Crippen LogP contribution is -2.63. The predicted molar refractivity (Wildman–Crippen MR) is 214 cm³/mol. The fourth-order valence-electron chi connectivity index (χ4n) is 11.5. The van der Waals surface area contributed by atoms with E-state index in [1.54, 1.807) is 14.2 Å². The molecule has 0 amide bonds. The standard InChI is InChI=1S/C34H60N6O16S4/c1-51-23-11-15(3-7-19(23)37-39-21-13-26(58-56-54-44)17-5-9-25(57-55-53-43)31(35)29(17)33(21)41)16-4-8-20(24(12-16)52-2)38-40-22-14-28(60(48,49)50)18-6-10-27(59(45,46)47)32(36)30(18)34(22)42/h15-34,41-44H,3-14,35-36H2,1-2H3,(H,45,46,47)(H,48,49,50). The molecule has 0 bridgehead atoms. The maximum Gasteiger partial charge on any atom is 0.269 e. The largest absolute Gasteiger partial charge is 0.390 e. The van der Waals surface area contributed by atoms with Crippen molar-refractivity contribution in [2.75, 3.05) is 14.2 Å². The zero-order chi connectivity index (χ0) is 43.5. The number of aliphatic hydroxyl groups excluding tert-OH is 2. The minimum absolute atomic E-state index is 0.0242. The molecule has 0 spiro atoms. The van der Waals surface area contributed by atoms with E-state index in [1.807, 2.05) is 0 Å². The van der Waals surface area contributed by atoms with Gasteiger partial charge in [0.15, 0.2) is 0 Å². The fourth-order valence-corrected chi connectivity index (χ4v) is 15.3. The number of nitrogens with two attached hydrogens (primary N) is 2. The van der Waals surface area contributed by atoms with Crippen molar-refractivity contribution in [3.05, 3.63) is 0 Å². The van der Waals surface area contributed by atoms with Gasteiger partial charge in [-0.15, -0.1) is 8.67 Å². The lowest BCUT2D eigenvalue weighted by Gasteiger charge is -2.49. The van der Waals surface area contributed by atoms with Gasteiger partial charge < -0.3 is 31.2 Å². The van der Waals surface area contributed by atoms with E-state index in [4.69, 9.17) is 40.9 Å². The van der Waals surface area contributed by atoms with Gasteiger partial charge >= 0.3 is 0 Å². The quantitative estimate of drug-likeness (QED) is 0.0384. The molecule has 6 saturated carbocycles. The van der Waals surface area contributed by atoms with Crippen LogP contribution in [0.15, 0.2) is 20.5 Å². The summed E-state index contributed by atoms with van der Waals surface area (Å²) in [7, 11) is -5.98. The molecule has 20 atom stereocenters. The van der Waals surface area contributed by atoms with Gasteiger partial charge in [-0.2, -0.15) is 37.3 Å². The van der Waals surface area contributed by atoms with Crippen molar-refractivity contribution in [3.63, 3.8) is 0 Å². The smallest absolute Gasteiger partial charge is 0.269 e. The monoisotopic (exact) mass is 936 g/mol. The van der Waals surface area contributed by atoms with Crippen molar-refractivity contribution < 1.29 is 74.9 Å². The second-order valence-corrected chi connectivity index (χ2v) is 22.5. The van der Waals surface area contributed by atoms with Crippen molar-refractivity contribution in [1.29, 1.82) is 0 Å². The summed E-state index contributed by atoms with van der Waals surface area (Å²) in [5.41, 5.74) is 12.9. The SMILES string of the molecule is COC1CC(C2CCC(N=NC3CC(S(=O)(=O)O)C4CCC(S(=O)(=O)O)C(N)C4C3O)C(OC)C2)CCC1N=NC1CC(SOOO)C2CCC(SOOO)C(N)C2C1O. The van der Waals surface area contributed by atoms with Crippen molar-refractivity contribution >= 4 is 44.3 Å². The number of fused-ring (bicyclic) bond motifs is 2. The minimum Gasteiger partial charge on any atom is -0.390 e. The second kappa shape index (κ2) is 21.0. The number of azo groups is 2. The first-order valence-electron chi connectivity index (χ1n) is 20.4. The van der Waals surface area contributed by atoms with E-state index in [1.165, 1.54) is 0 Å². The minimum atomic E-state index is -4.62. The van der Waals surface area contributed by atoms with E-state index in [0.717, 1.165) is 36.9 Å². The topological polar surface area (TPSA) is 347 Å². The summed E-state index contributed by atoms with van der Waals surface area (Å²) in [6.07, 6.45) is 2.79. The van der Waals surface area contributed by atoms with E-state index in [-0.39, 0.29) is 65.8 Å². The highest BCUT2D eigenvalue weighted by Gasteiger charge is 2.56. The summed E-state index contributed by atoms with van der Waals surface area (Å²) in [6, 6.07) is -4.20. The summed E-state index contributed by atoms with van der Waals surface area (Å²) in [6.45, 7) is 0. The van der Waals surface area contributed by atoms with Crippen LogP contribution < -0.4 is 11.5 Å². The van der Waals surface area contributed by atoms with E-state index in [9.17, 15) is 36.2 Å². The van der Waals surface area contributed by atoms with Crippen LogP contribution in [0.25, 0.3) is 0 Å². The third kappa shape index (κ3) is 10.8. The molecule has 0 radical (unpaired) electrons. The first kappa shape index (κ1) is 48.7. The highest BCUT2D eigenvalue weighted by atomic mass is 32.2. The Morgan fingerprint density at radius 3 is 1.52 bits per heavy atom. The molecule has 346 valence electrons. The summed E-state index contributed by atoms with van der Waals surface area (Å²) in [5.74, 6) is -1.87. The van der Waals surface area contributed by atoms with E-state index in [0.29, 0.717) is 44.9 Å². The van der Waals surface area contributed by atoms with Crippen molar-refractivity contribution in [2.24, 2.45) is 67.4 Å². The number of methoxy groups -OCH3 is 2. The number of hydrogen-bond donors (Lipinski definition) is 8. The summed E-state index contributed by atoms with van der Waals surface area (Å²) in [4.78, 5) is 0. The molecule has 10 N–H and O–H groups in total. The van der Waals surface area contributed by atoms with Crippen LogP contribution in [0.3, 0.4) is 0 Å². The molecule has 6 fully saturated rings. The number of rotatable bonds is 15. The number of hydrogen-bond acceptors (Lipinski definition) is 22. The Morgan fingerprint density at radius 1 is 0.550 bits per heavy atom. The van der Waals surface area contributed by atoms with Crippen molar-refractivity contribution in [1.82, 2.24) is 0 Å². The molecular weight excluding hydrogens is 877 g/mol.